The number of amides is 2. The highest BCUT2D eigenvalue weighted by Crippen LogP contribution is 2.41. The van der Waals surface area contributed by atoms with Crippen LogP contribution in [0.5, 0.6) is 0 Å². The SMILES string of the molecule is Cc1cnn(C2CCN(C(=O)NCC3(c4cccs4)CCCCC3)C2)c1. The summed E-state index contributed by atoms with van der Waals surface area (Å²) >= 11 is 1.84. The third-order valence-electron chi connectivity index (χ3n) is 5.99. The summed E-state index contributed by atoms with van der Waals surface area (Å²) in [6.45, 7) is 4.37. The fourth-order valence-electron chi connectivity index (χ4n) is 4.45. The van der Waals surface area contributed by atoms with E-state index in [9.17, 15) is 4.79 Å². The molecule has 1 unspecified atom stereocenters. The van der Waals surface area contributed by atoms with Gasteiger partial charge >= 0.3 is 6.03 Å². The molecule has 5 nitrogen and oxygen atoms in total. The Hall–Kier alpha value is -1.82. The van der Waals surface area contributed by atoms with E-state index < -0.39 is 0 Å². The minimum absolute atomic E-state index is 0.0814. The van der Waals surface area contributed by atoms with E-state index in [1.165, 1.54) is 42.5 Å². The van der Waals surface area contributed by atoms with E-state index in [1.807, 2.05) is 27.1 Å². The monoisotopic (exact) mass is 372 g/mol. The molecule has 6 heteroatoms. The molecule has 1 aliphatic carbocycles. The molecule has 26 heavy (non-hydrogen) atoms. The zero-order valence-corrected chi connectivity index (χ0v) is 16.3. The molecule has 2 aliphatic rings. The normalized spacial score (nSPS) is 22.5. The number of aryl methyl sites for hydroxylation is 1. The van der Waals surface area contributed by atoms with Gasteiger partial charge < -0.3 is 10.2 Å². The smallest absolute Gasteiger partial charge is 0.317 e. The van der Waals surface area contributed by atoms with Gasteiger partial charge in [-0.1, -0.05) is 25.3 Å². The fraction of sp³-hybridized carbons (Fsp3) is 0.600. The molecule has 1 saturated carbocycles. The Balaban J connectivity index is 1.37. The van der Waals surface area contributed by atoms with Crippen LogP contribution in [-0.2, 0) is 5.41 Å². The molecular formula is C20H28N4OS. The zero-order chi connectivity index (χ0) is 18.0. The summed E-state index contributed by atoms with van der Waals surface area (Å²) in [5.41, 5.74) is 1.31. The Morgan fingerprint density at radius 1 is 1.38 bits per heavy atom. The van der Waals surface area contributed by atoms with Crippen molar-refractivity contribution in [2.45, 2.75) is 56.9 Å². The number of hydrogen-bond donors (Lipinski definition) is 1. The summed E-state index contributed by atoms with van der Waals surface area (Å²) in [5.74, 6) is 0. The lowest BCUT2D eigenvalue weighted by Crippen LogP contribution is -2.46. The van der Waals surface area contributed by atoms with E-state index in [-0.39, 0.29) is 11.4 Å². The number of nitrogens with zero attached hydrogens (tertiary/aromatic N) is 3. The van der Waals surface area contributed by atoms with Gasteiger partial charge in [-0.05, 0) is 43.2 Å². The van der Waals surface area contributed by atoms with Crippen molar-refractivity contribution in [3.05, 3.63) is 40.3 Å². The Bertz CT molecular complexity index is 733. The second kappa shape index (κ2) is 7.43. The van der Waals surface area contributed by atoms with Crippen LogP contribution >= 0.6 is 11.3 Å². The molecule has 3 heterocycles. The van der Waals surface area contributed by atoms with Crippen LogP contribution < -0.4 is 5.32 Å². The van der Waals surface area contributed by atoms with Gasteiger partial charge in [0.25, 0.3) is 0 Å². The molecule has 1 N–H and O–H groups in total. The molecule has 2 aromatic rings. The molecule has 1 aliphatic heterocycles. The van der Waals surface area contributed by atoms with Crippen molar-refractivity contribution in [3.8, 4) is 0 Å². The van der Waals surface area contributed by atoms with Gasteiger partial charge in [-0.3, -0.25) is 4.68 Å². The summed E-state index contributed by atoms with van der Waals surface area (Å²) in [6, 6.07) is 4.76. The second-order valence-electron chi connectivity index (χ2n) is 7.86. The van der Waals surface area contributed by atoms with E-state index in [2.05, 4.69) is 41.0 Å². The minimum Gasteiger partial charge on any atom is -0.337 e. The predicted octanol–water partition coefficient (Wildman–Crippen LogP) is 4.11. The number of hydrogen-bond acceptors (Lipinski definition) is 3. The van der Waals surface area contributed by atoms with Crippen LogP contribution in [-0.4, -0.2) is 40.3 Å². The number of thiophene rings is 1. The van der Waals surface area contributed by atoms with Gasteiger partial charge in [-0.15, -0.1) is 11.3 Å². The molecule has 4 rings (SSSR count). The predicted molar refractivity (Wildman–Crippen MR) is 105 cm³/mol. The molecule has 140 valence electrons. The van der Waals surface area contributed by atoms with Gasteiger partial charge in [-0.25, -0.2) is 4.79 Å². The van der Waals surface area contributed by atoms with E-state index >= 15 is 0 Å². The van der Waals surface area contributed by atoms with Crippen LogP contribution in [0.15, 0.2) is 29.9 Å². The number of likely N-dealkylation sites (tertiary alicyclic amines) is 1. The van der Waals surface area contributed by atoms with Crippen LogP contribution in [0.3, 0.4) is 0 Å². The average Bonchev–Trinajstić information content (AvgIpc) is 3.41. The quantitative estimate of drug-likeness (QED) is 0.878. The van der Waals surface area contributed by atoms with Crippen molar-refractivity contribution in [2.75, 3.05) is 19.6 Å². The van der Waals surface area contributed by atoms with Gasteiger partial charge in [0.2, 0.25) is 0 Å². The lowest BCUT2D eigenvalue weighted by atomic mass is 9.73. The fourth-order valence-corrected chi connectivity index (χ4v) is 5.44. The maximum Gasteiger partial charge on any atom is 0.317 e. The third-order valence-corrected chi connectivity index (χ3v) is 7.10. The lowest BCUT2D eigenvalue weighted by molar-refractivity contribution is 0.199. The summed E-state index contributed by atoms with van der Waals surface area (Å²) in [7, 11) is 0. The lowest BCUT2D eigenvalue weighted by Gasteiger charge is -2.37. The number of aromatic nitrogens is 2. The molecule has 2 aromatic heterocycles. The van der Waals surface area contributed by atoms with Crippen LogP contribution in [0.4, 0.5) is 4.79 Å². The highest BCUT2D eigenvalue weighted by atomic mass is 32.1. The van der Waals surface area contributed by atoms with Crippen LogP contribution in [0.2, 0.25) is 0 Å². The topological polar surface area (TPSA) is 50.2 Å². The summed E-state index contributed by atoms with van der Waals surface area (Å²) in [4.78, 5) is 16.2. The highest BCUT2D eigenvalue weighted by molar-refractivity contribution is 7.10. The van der Waals surface area contributed by atoms with Crippen LogP contribution in [0, 0.1) is 6.92 Å². The third kappa shape index (κ3) is 3.52. The molecule has 2 fully saturated rings. The van der Waals surface area contributed by atoms with E-state index in [0.717, 1.165) is 26.1 Å². The number of rotatable bonds is 4. The molecule has 0 radical (unpaired) electrons. The largest absolute Gasteiger partial charge is 0.337 e. The highest BCUT2D eigenvalue weighted by Gasteiger charge is 2.36. The maximum absolute atomic E-state index is 12.8. The van der Waals surface area contributed by atoms with Crippen molar-refractivity contribution in [1.29, 1.82) is 0 Å². The molecule has 2 amide bonds. The van der Waals surface area contributed by atoms with Crippen molar-refractivity contribution >= 4 is 17.4 Å². The van der Waals surface area contributed by atoms with Crippen molar-refractivity contribution in [3.63, 3.8) is 0 Å². The maximum atomic E-state index is 12.8. The molecule has 0 spiro atoms. The van der Waals surface area contributed by atoms with E-state index in [4.69, 9.17) is 0 Å². The molecular weight excluding hydrogens is 344 g/mol. The molecule has 0 bridgehead atoms. The molecule has 1 atom stereocenters. The van der Waals surface area contributed by atoms with Crippen molar-refractivity contribution in [1.82, 2.24) is 20.0 Å². The first-order chi connectivity index (χ1) is 12.7. The summed E-state index contributed by atoms with van der Waals surface area (Å²) < 4.78 is 2.01. The number of urea groups is 1. The van der Waals surface area contributed by atoms with Crippen molar-refractivity contribution < 1.29 is 4.79 Å². The van der Waals surface area contributed by atoms with Gasteiger partial charge in [0.15, 0.2) is 0 Å². The molecule has 0 aromatic carbocycles. The van der Waals surface area contributed by atoms with Gasteiger partial charge in [0, 0.05) is 36.1 Å². The number of nitrogens with one attached hydrogen (secondary N) is 1. The minimum atomic E-state index is 0.0814. The first-order valence-corrected chi connectivity index (χ1v) is 10.6. The second-order valence-corrected chi connectivity index (χ2v) is 8.81. The van der Waals surface area contributed by atoms with Gasteiger partial charge in [0.1, 0.15) is 0 Å². The molecule has 1 saturated heterocycles. The Morgan fingerprint density at radius 3 is 2.92 bits per heavy atom. The first-order valence-electron chi connectivity index (χ1n) is 9.74. The van der Waals surface area contributed by atoms with E-state index in [1.54, 1.807) is 0 Å². The van der Waals surface area contributed by atoms with Crippen LogP contribution in [0.25, 0.3) is 0 Å². The Kier molecular flexibility index (Phi) is 5.02. The van der Waals surface area contributed by atoms with Gasteiger partial charge in [0.05, 0.1) is 12.2 Å². The standard InChI is InChI=1S/C20H28N4OS/c1-16-12-22-24(13-16)17-7-10-23(14-17)19(25)21-15-20(8-3-2-4-9-20)18-6-5-11-26-18/h5-6,11-13,17H,2-4,7-10,14-15H2,1H3,(H,21,25). The van der Waals surface area contributed by atoms with Crippen molar-refractivity contribution in [2.24, 2.45) is 0 Å². The van der Waals surface area contributed by atoms with Crippen LogP contribution in [0.1, 0.15) is 55.0 Å². The Morgan fingerprint density at radius 2 is 2.23 bits per heavy atom. The summed E-state index contributed by atoms with van der Waals surface area (Å²) in [5, 5.41) is 9.84. The Labute approximate surface area is 159 Å². The number of carbonyl (C=O) groups is 1. The van der Waals surface area contributed by atoms with E-state index in [0.29, 0.717) is 6.04 Å². The average molecular weight is 373 g/mol. The van der Waals surface area contributed by atoms with Gasteiger partial charge in [-0.2, -0.15) is 5.10 Å². The number of carbonyl (C=O) groups excluding carboxylic acids is 1. The zero-order valence-electron chi connectivity index (χ0n) is 15.5. The summed E-state index contributed by atoms with van der Waals surface area (Å²) in [6.07, 6.45) is 11.1. The first kappa shape index (κ1) is 17.6.